The van der Waals surface area contributed by atoms with Crippen LogP contribution in [0.3, 0.4) is 0 Å². The Bertz CT molecular complexity index is 1030. The number of carbonyl (C=O) groups is 1. The van der Waals surface area contributed by atoms with Crippen LogP contribution in [0.1, 0.15) is 40.7 Å². The molecule has 0 aromatic heterocycles. The number of hydrogen-bond acceptors (Lipinski definition) is 6. The number of ether oxygens (including phenoxy) is 2. The van der Waals surface area contributed by atoms with Crippen LogP contribution in [0.15, 0.2) is 72.8 Å². The van der Waals surface area contributed by atoms with E-state index >= 15 is 0 Å². The Morgan fingerprint density at radius 3 is 1.86 bits per heavy atom. The molecule has 1 fully saturated rings. The molecular formula is C30H35NO6. The minimum Gasteiger partial charge on any atom is -0.497 e. The number of aliphatic carboxylic acids is 1. The first-order chi connectivity index (χ1) is 18.0. The third kappa shape index (κ3) is 6.02. The number of rotatable bonds is 11. The molecule has 3 N–H and O–H groups in total. The van der Waals surface area contributed by atoms with Crippen molar-refractivity contribution in [3.8, 4) is 5.75 Å². The highest BCUT2D eigenvalue weighted by Gasteiger charge is 2.38. The number of carboxylic acids is 1. The number of nitrogens with zero attached hydrogens (tertiary/aromatic N) is 1. The van der Waals surface area contributed by atoms with Gasteiger partial charge in [0.05, 0.1) is 32.8 Å². The molecule has 0 unspecified atom stereocenters. The average molecular weight is 506 g/mol. The summed E-state index contributed by atoms with van der Waals surface area (Å²) in [5.41, 5.74) is 3.33. The van der Waals surface area contributed by atoms with Gasteiger partial charge in [-0.05, 0) is 59.3 Å². The highest BCUT2D eigenvalue weighted by atomic mass is 16.5. The third-order valence-electron chi connectivity index (χ3n) is 7.16. The largest absolute Gasteiger partial charge is 0.497 e. The molecule has 0 saturated carbocycles. The fourth-order valence-electron chi connectivity index (χ4n) is 5.05. The molecule has 3 aromatic carbocycles. The van der Waals surface area contributed by atoms with E-state index in [1.54, 1.807) is 7.11 Å². The molecule has 1 aliphatic heterocycles. The van der Waals surface area contributed by atoms with Gasteiger partial charge in [0.1, 0.15) is 11.4 Å². The van der Waals surface area contributed by atoms with Crippen LogP contribution in [0.4, 0.5) is 0 Å². The van der Waals surface area contributed by atoms with E-state index in [9.17, 15) is 20.1 Å². The van der Waals surface area contributed by atoms with E-state index in [-0.39, 0.29) is 19.1 Å². The molecule has 0 amide bonds. The first kappa shape index (κ1) is 26.8. The van der Waals surface area contributed by atoms with Gasteiger partial charge >= 0.3 is 5.97 Å². The lowest BCUT2D eigenvalue weighted by atomic mass is 9.79. The molecule has 7 nitrogen and oxygen atoms in total. The van der Waals surface area contributed by atoms with Crippen LogP contribution in [-0.4, -0.2) is 59.5 Å². The lowest BCUT2D eigenvalue weighted by Gasteiger charge is -2.37. The molecule has 37 heavy (non-hydrogen) atoms. The quantitative estimate of drug-likeness (QED) is 0.341. The van der Waals surface area contributed by atoms with E-state index in [0.29, 0.717) is 26.1 Å². The van der Waals surface area contributed by atoms with Crippen molar-refractivity contribution in [2.75, 3.05) is 33.4 Å². The van der Waals surface area contributed by atoms with Crippen LogP contribution >= 0.6 is 0 Å². The van der Waals surface area contributed by atoms with Crippen molar-refractivity contribution in [3.63, 3.8) is 0 Å². The second-order valence-corrected chi connectivity index (χ2v) is 9.45. The van der Waals surface area contributed by atoms with E-state index in [1.807, 2.05) is 72.8 Å². The molecule has 1 atom stereocenters. The summed E-state index contributed by atoms with van der Waals surface area (Å²) < 4.78 is 12.2. The predicted octanol–water partition coefficient (Wildman–Crippen LogP) is 3.78. The number of aliphatic hydroxyl groups is 2. The first-order valence-corrected chi connectivity index (χ1v) is 12.6. The van der Waals surface area contributed by atoms with Crippen molar-refractivity contribution < 1.29 is 29.6 Å². The Morgan fingerprint density at radius 1 is 0.892 bits per heavy atom. The van der Waals surface area contributed by atoms with Crippen molar-refractivity contribution in [1.82, 2.24) is 4.90 Å². The molecule has 0 aliphatic carbocycles. The molecule has 4 rings (SSSR count). The van der Waals surface area contributed by atoms with E-state index < -0.39 is 11.6 Å². The Labute approximate surface area is 217 Å². The standard InChI is InChI=1S/C30H35NO6/c1-36-28-14-12-27(13-15-28)30(25-8-4-22(20-32)5-9-25,26-10-6-23(21-33)7-11-26)37-18-17-31-16-2-3-24(19-31)29(34)35/h4-15,24,32-33H,2-3,16-21H2,1H3,(H,34,35)/t24-/m0/s1. The highest BCUT2D eigenvalue weighted by molar-refractivity contribution is 5.70. The zero-order valence-electron chi connectivity index (χ0n) is 21.2. The molecule has 1 saturated heterocycles. The lowest BCUT2D eigenvalue weighted by molar-refractivity contribution is -0.143. The monoisotopic (exact) mass is 505 g/mol. The Balaban J connectivity index is 1.74. The summed E-state index contributed by atoms with van der Waals surface area (Å²) in [6.07, 6.45) is 1.56. The zero-order valence-corrected chi connectivity index (χ0v) is 21.2. The maximum Gasteiger partial charge on any atom is 0.307 e. The van der Waals surface area contributed by atoms with Crippen LogP contribution < -0.4 is 4.74 Å². The van der Waals surface area contributed by atoms with Gasteiger partial charge < -0.3 is 29.7 Å². The number of carboxylic acid groups (broad SMARTS) is 1. The summed E-state index contributed by atoms with van der Waals surface area (Å²) in [5.74, 6) is -0.361. The molecular weight excluding hydrogens is 470 g/mol. The molecule has 0 bridgehead atoms. The van der Waals surface area contributed by atoms with Gasteiger partial charge in [0.15, 0.2) is 0 Å². The van der Waals surface area contributed by atoms with Crippen molar-refractivity contribution in [2.45, 2.75) is 31.7 Å². The fraction of sp³-hybridized carbons (Fsp3) is 0.367. The second-order valence-electron chi connectivity index (χ2n) is 9.45. The maximum absolute atomic E-state index is 11.5. The van der Waals surface area contributed by atoms with Crippen molar-refractivity contribution >= 4 is 5.97 Å². The van der Waals surface area contributed by atoms with Crippen LogP contribution in [0.2, 0.25) is 0 Å². The van der Waals surface area contributed by atoms with Crippen LogP contribution in [0, 0.1) is 5.92 Å². The zero-order chi connectivity index (χ0) is 26.3. The van der Waals surface area contributed by atoms with Gasteiger partial charge in [-0.1, -0.05) is 60.7 Å². The Hall–Kier alpha value is -3.23. The number of piperidine rings is 1. The summed E-state index contributed by atoms with van der Waals surface area (Å²) in [7, 11) is 1.63. The van der Waals surface area contributed by atoms with Gasteiger partial charge in [0.25, 0.3) is 0 Å². The first-order valence-electron chi connectivity index (χ1n) is 12.6. The van der Waals surface area contributed by atoms with Crippen molar-refractivity contribution in [3.05, 3.63) is 101 Å². The van der Waals surface area contributed by atoms with Crippen LogP contribution in [0.5, 0.6) is 5.75 Å². The van der Waals surface area contributed by atoms with Gasteiger partial charge in [0.2, 0.25) is 0 Å². The molecule has 0 spiro atoms. The second kappa shape index (κ2) is 12.3. The lowest BCUT2D eigenvalue weighted by Crippen LogP contribution is -2.42. The molecule has 1 heterocycles. The fourth-order valence-corrected chi connectivity index (χ4v) is 5.05. The molecule has 196 valence electrons. The predicted molar refractivity (Wildman–Crippen MR) is 140 cm³/mol. The van der Waals surface area contributed by atoms with E-state index in [1.165, 1.54) is 0 Å². The van der Waals surface area contributed by atoms with E-state index in [2.05, 4.69) is 4.90 Å². The van der Waals surface area contributed by atoms with Gasteiger partial charge in [-0.25, -0.2) is 0 Å². The van der Waals surface area contributed by atoms with Gasteiger partial charge in [-0.15, -0.1) is 0 Å². The molecule has 0 radical (unpaired) electrons. The smallest absolute Gasteiger partial charge is 0.307 e. The van der Waals surface area contributed by atoms with Gasteiger partial charge in [-0.3, -0.25) is 4.79 Å². The molecule has 1 aliphatic rings. The SMILES string of the molecule is COc1ccc(C(OCCN2CCC[C@H](C(=O)O)C2)(c2ccc(CO)cc2)c2ccc(CO)cc2)cc1. The average Bonchev–Trinajstić information content (AvgIpc) is 2.96. The minimum atomic E-state index is -0.976. The van der Waals surface area contributed by atoms with E-state index in [4.69, 9.17) is 9.47 Å². The number of aliphatic hydroxyl groups excluding tert-OH is 2. The number of methoxy groups -OCH3 is 1. The summed E-state index contributed by atoms with van der Waals surface area (Å²) in [5, 5.41) is 28.7. The summed E-state index contributed by atoms with van der Waals surface area (Å²) in [6.45, 7) is 2.24. The summed E-state index contributed by atoms with van der Waals surface area (Å²) >= 11 is 0. The molecule has 7 heteroatoms. The number of benzene rings is 3. The van der Waals surface area contributed by atoms with Gasteiger partial charge in [-0.2, -0.15) is 0 Å². The Kier molecular flexibility index (Phi) is 8.95. The van der Waals surface area contributed by atoms with Gasteiger partial charge in [0, 0.05) is 13.1 Å². The number of likely N-dealkylation sites (tertiary alicyclic amines) is 1. The summed E-state index contributed by atoms with van der Waals surface area (Å²) in [4.78, 5) is 13.7. The third-order valence-corrected chi connectivity index (χ3v) is 7.16. The Morgan fingerprint density at radius 2 is 1.41 bits per heavy atom. The normalized spacial score (nSPS) is 16.5. The maximum atomic E-state index is 11.5. The number of hydrogen-bond donors (Lipinski definition) is 3. The topological polar surface area (TPSA) is 99.5 Å². The summed E-state index contributed by atoms with van der Waals surface area (Å²) in [6, 6.07) is 23.2. The van der Waals surface area contributed by atoms with Crippen LogP contribution in [-0.2, 0) is 28.3 Å². The minimum absolute atomic E-state index is 0.0540. The highest BCUT2D eigenvalue weighted by Crippen LogP contribution is 2.41. The van der Waals surface area contributed by atoms with Crippen molar-refractivity contribution in [1.29, 1.82) is 0 Å². The van der Waals surface area contributed by atoms with E-state index in [0.717, 1.165) is 46.5 Å². The molecule has 3 aromatic rings. The van der Waals surface area contributed by atoms with Crippen molar-refractivity contribution in [2.24, 2.45) is 5.92 Å². The van der Waals surface area contributed by atoms with Crippen LogP contribution in [0.25, 0.3) is 0 Å².